The molecule has 3 heteroatoms. The Balaban J connectivity index is 2.52. The fourth-order valence-electron chi connectivity index (χ4n) is 1.37. The van der Waals surface area contributed by atoms with Crippen molar-refractivity contribution in [2.45, 2.75) is 32.8 Å². The number of anilines is 1. The number of hydrogen-bond donors (Lipinski definition) is 1. The summed E-state index contributed by atoms with van der Waals surface area (Å²) in [7, 11) is 1.69. The summed E-state index contributed by atoms with van der Waals surface area (Å²) in [5.41, 5.74) is 1.44. The van der Waals surface area contributed by atoms with Crippen LogP contribution in [-0.2, 0) is 4.74 Å². The Hall–Kier alpha value is -1.09. The molecule has 0 amide bonds. The molecule has 1 N–H and O–H groups in total. The zero-order chi connectivity index (χ0) is 12.2. The molecule has 1 rings (SSSR count). The number of aryl methyl sites for hydroxylation is 1. The molecule has 0 bridgehead atoms. The number of rotatable bonds is 5. The Morgan fingerprint density at radius 2 is 2.06 bits per heavy atom. The van der Waals surface area contributed by atoms with Gasteiger partial charge in [-0.1, -0.05) is 6.07 Å². The van der Waals surface area contributed by atoms with E-state index in [0.29, 0.717) is 12.2 Å². The quantitative estimate of drug-likeness (QED) is 0.829. The lowest BCUT2D eigenvalue weighted by molar-refractivity contribution is 0.0185. The van der Waals surface area contributed by atoms with Gasteiger partial charge in [-0.25, -0.2) is 4.39 Å². The first-order valence-corrected chi connectivity index (χ1v) is 5.50. The zero-order valence-electron chi connectivity index (χ0n) is 10.4. The lowest BCUT2D eigenvalue weighted by Gasteiger charge is -2.23. The molecule has 0 aliphatic rings. The number of halogens is 1. The van der Waals surface area contributed by atoms with Gasteiger partial charge in [0.15, 0.2) is 0 Å². The fraction of sp³-hybridized carbons (Fsp3) is 0.538. The number of ether oxygens (including phenoxy) is 1. The lowest BCUT2D eigenvalue weighted by atomic mass is 10.1. The van der Waals surface area contributed by atoms with Gasteiger partial charge in [0.2, 0.25) is 0 Å². The first kappa shape index (κ1) is 13.0. The van der Waals surface area contributed by atoms with Crippen LogP contribution in [0.5, 0.6) is 0 Å². The van der Waals surface area contributed by atoms with Crippen LogP contribution in [-0.4, -0.2) is 19.3 Å². The molecule has 0 saturated carbocycles. The van der Waals surface area contributed by atoms with Crippen molar-refractivity contribution in [1.29, 1.82) is 0 Å². The van der Waals surface area contributed by atoms with Crippen LogP contribution in [0.2, 0.25) is 0 Å². The van der Waals surface area contributed by atoms with E-state index in [1.165, 1.54) is 6.07 Å². The van der Waals surface area contributed by atoms with Gasteiger partial charge < -0.3 is 10.1 Å². The Bertz CT molecular complexity index is 350. The van der Waals surface area contributed by atoms with Crippen molar-refractivity contribution in [1.82, 2.24) is 0 Å². The molecule has 0 fully saturated rings. The smallest absolute Gasteiger partial charge is 0.146 e. The highest BCUT2D eigenvalue weighted by molar-refractivity contribution is 5.46. The molecular weight excluding hydrogens is 205 g/mol. The minimum absolute atomic E-state index is 0.173. The Kier molecular flexibility index (Phi) is 4.30. The van der Waals surface area contributed by atoms with Crippen molar-refractivity contribution >= 4 is 5.69 Å². The second kappa shape index (κ2) is 5.30. The van der Waals surface area contributed by atoms with Crippen LogP contribution in [0.15, 0.2) is 18.2 Å². The first-order chi connectivity index (χ1) is 7.44. The van der Waals surface area contributed by atoms with Crippen LogP contribution in [0.4, 0.5) is 10.1 Å². The Morgan fingerprint density at radius 1 is 1.38 bits per heavy atom. The van der Waals surface area contributed by atoms with E-state index >= 15 is 0 Å². The van der Waals surface area contributed by atoms with Crippen molar-refractivity contribution < 1.29 is 9.13 Å². The fourth-order valence-corrected chi connectivity index (χ4v) is 1.37. The first-order valence-electron chi connectivity index (χ1n) is 5.50. The summed E-state index contributed by atoms with van der Waals surface area (Å²) >= 11 is 0. The highest BCUT2D eigenvalue weighted by Crippen LogP contribution is 2.17. The van der Waals surface area contributed by atoms with Crippen LogP contribution in [0, 0.1) is 12.7 Å². The second-order valence-corrected chi connectivity index (χ2v) is 4.62. The predicted molar refractivity (Wildman–Crippen MR) is 65.3 cm³/mol. The number of methoxy groups -OCH3 is 1. The Morgan fingerprint density at radius 3 is 2.69 bits per heavy atom. The van der Waals surface area contributed by atoms with E-state index in [-0.39, 0.29) is 11.4 Å². The standard InChI is InChI=1S/C13H20FNO/c1-10-5-6-11(14)12(9-10)15-8-7-13(2,3)16-4/h5-6,9,15H,7-8H2,1-4H3. The number of benzene rings is 1. The van der Waals surface area contributed by atoms with E-state index in [2.05, 4.69) is 5.32 Å². The second-order valence-electron chi connectivity index (χ2n) is 4.62. The van der Waals surface area contributed by atoms with Crippen LogP contribution in [0.25, 0.3) is 0 Å². The number of nitrogens with one attached hydrogen (secondary N) is 1. The maximum Gasteiger partial charge on any atom is 0.146 e. The van der Waals surface area contributed by atoms with E-state index in [0.717, 1.165) is 12.0 Å². The highest BCUT2D eigenvalue weighted by atomic mass is 19.1. The van der Waals surface area contributed by atoms with Gasteiger partial charge in [-0.2, -0.15) is 0 Å². The van der Waals surface area contributed by atoms with Crippen molar-refractivity contribution in [3.63, 3.8) is 0 Å². The van der Waals surface area contributed by atoms with Gasteiger partial charge in [0.1, 0.15) is 5.82 Å². The summed E-state index contributed by atoms with van der Waals surface area (Å²) in [5.74, 6) is -0.208. The molecular formula is C13H20FNO. The van der Waals surface area contributed by atoms with Gasteiger partial charge in [-0.05, 0) is 44.9 Å². The van der Waals surface area contributed by atoms with E-state index in [4.69, 9.17) is 4.74 Å². The molecule has 0 unspecified atom stereocenters. The van der Waals surface area contributed by atoms with E-state index in [9.17, 15) is 4.39 Å². The van der Waals surface area contributed by atoms with Crippen LogP contribution < -0.4 is 5.32 Å². The summed E-state index contributed by atoms with van der Waals surface area (Å²) < 4.78 is 18.7. The molecule has 16 heavy (non-hydrogen) atoms. The molecule has 0 atom stereocenters. The Labute approximate surface area is 96.8 Å². The predicted octanol–water partition coefficient (Wildman–Crippen LogP) is 3.36. The summed E-state index contributed by atoms with van der Waals surface area (Å²) in [5, 5.41) is 3.09. The van der Waals surface area contributed by atoms with Crippen LogP contribution in [0.3, 0.4) is 0 Å². The molecule has 0 spiro atoms. The average Bonchev–Trinajstić information content (AvgIpc) is 2.23. The van der Waals surface area contributed by atoms with E-state index in [1.807, 2.05) is 26.8 Å². The SMILES string of the molecule is COC(C)(C)CCNc1cc(C)ccc1F. The van der Waals surface area contributed by atoms with Crippen molar-refractivity contribution in [3.05, 3.63) is 29.6 Å². The molecule has 1 aromatic rings. The summed E-state index contributed by atoms with van der Waals surface area (Å²) in [4.78, 5) is 0. The zero-order valence-corrected chi connectivity index (χ0v) is 10.4. The van der Waals surface area contributed by atoms with E-state index < -0.39 is 0 Å². The van der Waals surface area contributed by atoms with Crippen molar-refractivity contribution in [3.8, 4) is 0 Å². The van der Waals surface area contributed by atoms with Gasteiger partial charge in [0.05, 0.1) is 11.3 Å². The third-order valence-corrected chi connectivity index (χ3v) is 2.72. The van der Waals surface area contributed by atoms with Crippen LogP contribution >= 0.6 is 0 Å². The molecule has 1 aromatic carbocycles. The lowest BCUT2D eigenvalue weighted by Crippen LogP contribution is -2.25. The van der Waals surface area contributed by atoms with E-state index in [1.54, 1.807) is 13.2 Å². The van der Waals surface area contributed by atoms with Gasteiger partial charge in [0.25, 0.3) is 0 Å². The minimum Gasteiger partial charge on any atom is -0.383 e. The minimum atomic E-state index is -0.208. The molecule has 2 nitrogen and oxygen atoms in total. The molecule has 0 aliphatic carbocycles. The molecule has 0 heterocycles. The summed E-state index contributed by atoms with van der Waals surface area (Å²) in [6.45, 7) is 6.67. The maximum atomic E-state index is 13.4. The van der Waals surface area contributed by atoms with Crippen molar-refractivity contribution in [2.24, 2.45) is 0 Å². The third-order valence-electron chi connectivity index (χ3n) is 2.72. The highest BCUT2D eigenvalue weighted by Gasteiger charge is 2.15. The largest absolute Gasteiger partial charge is 0.383 e. The van der Waals surface area contributed by atoms with Crippen molar-refractivity contribution in [2.75, 3.05) is 19.0 Å². The summed E-state index contributed by atoms with van der Waals surface area (Å²) in [6, 6.07) is 5.06. The van der Waals surface area contributed by atoms with Gasteiger partial charge >= 0.3 is 0 Å². The molecule has 0 radical (unpaired) electrons. The average molecular weight is 225 g/mol. The van der Waals surface area contributed by atoms with Gasteiger partial charge in [0, 0.05) is 13.7 Å². The normalized spacial score (nSPS) is 11.6. The molecule has 90 valence electrons. The molecule has 0 aliphatic heterocycles. The van der Waals surface area contributed by atoms with Gasteiger partial charge in [-0.3, -0.25) is 0 Å². The number of hydrogen-bond acceptors (Lipinski definition) is 2. The topological polar surface area (TPSA) is 21.3 Å². The molecule has 0 aromatic heterocycles. The monoisotopic (exact) mass is 225 g/mol. The van der Waals surface area contributed by atoms with Gasteiger partial charge in [-0.15, -0.1) is 0 Å². The third kappa shape index (κ3) is 3.81. The molecule has 0 saturated heterocycles. The maximum absolute atomic E-state index is 13.4. The summed E-state index contributed by atoms with van der Waals surface area (Å²) in [6.07, 6.45) is 0.830. The van der Waals surface area contributed by atoms with Crippen LogP contribution in [0.1, 0.15) is 25.8 Å².